The molecule has 1 aromatic rings. The third-order valence-electron chi connectivity index (χ3n) is 3.53. The molecular formula is C14H17IN2O2. The number of benzene rings is 1. The van der Waals surface area contributed by atoms with Gasteiger partial charge in [0.25, 0.3) is 5.91 Å². The Morgan fingerprint density at radius 1 is 1.58 bits per heavy atom. The molecule has 1 aliphatic rings. The highest BCUT2D eigenvalue weighted by atomic mass is 127. The third kappa shape index (κ3) is 3.26. The van der Waals surface area contributed by atoms with Crippen molar-refractivity contribution in [1.29, 1.82) is 0 Å². The molecule has 0 aliphatic carbocycles. The van der Waals surface area contributed by atoms with Crippen LogP contribution in [-0.2, 0) is 0 Å². The lowest BCUT2D eigenvalue weighted by atomic mass is 9.93. The molecule has 0 spiro atoms. The minimum absolute atomic E-state index is 0.0638. The molecule has 102 valence electrons. The molecule has 0 saturated carbocycles. The van der Waals surface area contributed by atoms with Crippen LogP contribution in [0, 0.1) is 9.49 Å². The highest BCUT2D eigenvalue weighted by Gasteiger charge is 2.28. The molecule has 1 fully saturated rings. The first-order valence-corrected chi connectivity index (χ1v) is 7.49. The number of likely N-dealkylation sites (tertiary alicyclic amines) is 1. The Kier molecular flexibility index (Phi) is 4.79. The zero-order valence-corrected chi connectivity index (χ0v) is 13.0. The van der Waals surface area contributed by atoms with Gasteiger partial charge in [-0.25, -0.2) is 0 Å². The summed E-state index contributed by atoms with van der Waals surface area (Å²) >= 11 is 2.21. The zero-order valence-electron chi connectivity index (χ0n) is 10.8. The summed E-state index contributed by atoms with van der Waals surface area (Å²) in [6.07, 6.45) is 1.54. The lowest BCUT2D eigenvalue weighted by Gasteiger charge is -2.32. The number of rotatable bonds is 2. The average Bonchev–Trinajstić information content (AvgIpc) is 2.45. The van der Waals surface area contributed by atoms with Gasteiger partial charge in [0.2, 0.25) is 0 Å². The van der Waals surface area contributed by atoms with E-state index in [0.717, 1.165) is 21.3 Å². The van der Waals surface area contributed by atoms with E-state index in [4.69, 9.17) is 5.21 Å². The molecule has 4 nitrogen and oxygen atoms in total. The van der Waals surface area contributed by atoms with Crippen LogP contribution in [0.25, 0.3) is 0 Å². The van der Waals surface area contributed by atoms with Crippen LogP contribution >= 0.6 is 22.6 Å². The van der Waals surface area contributed by atoms with E-state index in [9.17, 15) is 4.79 Å². The third-order valence-corrected chi connectivity index (χ3v) is 4.20. The van der Waals surface area contributed by atoms with Crippen LogP contribution in [0.4, 0.5) is 0 Å². The second-order valence-corrected chi connectivity index (χ2v) is 5.95. The van der Waals surface area contributed by atoms with E-state index in [-0.39, 0.29) is 11.8 Å². The molecular weight excluding hydrogens is 355 g/mol. The normalized spacial score (nSPS) is 21.7. The van der Waals surface area contributed by atoms with Crippen molar-refractivity contribution < 1.29 is 10.0 Å². The number of nitrogens with zero attached hydrogens (tertiary/aromatic N) is 2. The van der Waals surface area contributed by atoms with E-state index in [1.54, 1.807) is 0 Å². The van der Waals surface area contributed by atoms with Gasteiger partial charge < -0.3 is 10.1 Å². The minimum atomic E-state index is 0.0638. The summed E-state index contributed by atoms with van der Waals surface area (Å²) < 4.78 is 1.06. The van der Waals surface area contributed by atoms with Crippen LogP contribution in [0.1, 0.15) is 30.1 Å². The Morgan fingerprint density at radius 3 is 3.00 bits per heavy atom. The molecule has 0 radical (unpaired) electrons. The summed E-state index contributed by atoms with van der Waals surface area (Å²) in [6.45, 7) is 3.32. The van der Waals surface area contributed by atoms with Crippen LogP contribution in [0.3, 0.4) is 0 Å². The molecule has 1 unspecified atom stereocenters. The molecule has 1 N–H and O–H groups in total. The van der Waals surface area contributed by atoms with Crippen molar-refractivity contribution in [3.8, 4) is 0 Å². The van der Waals surface area contributed by atoms with E-state index in [1.807, 2.05) is 29.2 Å². The monoisotopic (exact) mass is 372 g/mol. The van der Waals surface area contributed by atoms with E-state index < -0.39 is 0 Å². The van der Waals surface area contributed by atoms with Gasteiger partial charge >= 0.3 is 0 Å². The Hall–Kier alpha value is -1.11. The maximum atomic E-state index is 12.4. The highest BCUT2D eigenvalue weighted by molar-refractivity contribution is 14.1. The van der Waals surface area contributed by atoms with E-state index in [2.05, 4.69) is 34.7 Å². The van der Waals surface area contributed by atoms with Crippen LogP contribution in [-0.4, -0.2) is 34.8 Å². The maximum absolute atomic E-state index is 12.4. The fourth-order valence-electron chi connectivity index (χ4n) is 2.40. The molecule has 1 saturated heterocycles. The van der Waals surface area contributed by atoms with Gasteiger partial charge in [0.1, 0.15) is 0 Å². The SMILES string of the molecule is CCC1CN(C(=O)c2cccc(I)c2)CC/C1=N\O. The molecule has 1 amide bonds. The fraction of sp³-hybridized carbons (Fsp3) is 0.429. The average molecular weight is 372 g/mol. The Morgan fingerprint density at radius 2 is 2.37 bits per heavy atom. The van der Waals surface area contributed by atoms with Crippen LogP contribution in [0.5, 0.6) is 0 Å². The number of piperidine rings is 1. The number of carbonyl (C=O) groups excluding carboxylic acids is 1. The highest BCUT2D eigenvalue weighted by Crippen LogP contribution is 2.20. The van der Waals surface area contributed by atoms with Crippen molar-refractivity contribution >= 4 is 34.2 Å². The molecule has 1 atom stereocenters. The lowest BCUT2D eigenvalue weighted by molar-refractivity contribution is 0.0729. The number of hydrogen-bond acceptors (Lipinski definition) is 3. The lowest BCUT2D eigenvalue weighted by Crippen LogP contribution is -2.44. The number of amides is 1. The largest absolute Gasteiger partial charge is 0.411 e. The number of hydrogen-bond donors (Lipinski definition) is 1. The maximum Gasteiger partial charge on any atom is 0.253 e. The standard InChI is InChI=1S/C14H17IN2O2/c1-2-10-9-17(7-6-13(10)16-19)14(18)11-4-3-5-12(15)8-11/h3-5,8,10,19H,2,6-7,9H2,1H3/b16-13+. The van der Waals surface area contributed by atoms with Crippen molar-refractivity contribution in [3.63, 3.8) is 0 Å². The molecule has 0 bridgehead atoms. The van der Waals surface area contributed by atoms with Gasteiger partial charge in [0, 0.05) is 34.6 Å². The van der Waals surface area contributed by atoms with Crippen molar-refractivity contribution in [2.75, 3.05) is 13.1 Å². The molecule has 19 heavy (non-hydrogen) atoms. The van der Waals surface area contributed by atoms with Crippen molar-refractivity contribution in [1.82, 2.24) is 4.90 Å². The van der Waals surface area contributed by atoms with Gasteiger partial charge in [-0.3, -0.25) is 4.79 Å². The molecule has 1 heterocycles. The summed E-state index contributed by atoms with van der Waals surface area (Å²) in [5, 5.41) is 12.3. The van der Waals surface area contributed by atoms with Crippen molar-refractivity contribution in [2.45, 2.75) is 19.8 Å². The molecule has 0 aromatic heterocycles. The predicted octanol–water partition coefficient (Wildman–Crippen LogP) is 2.99. The predicted molar refractivity (Wildman–Crippen MR) is 82.7 cm³/mol. The Balaban J connectivity index is 2.13. The number of carbonyl (C=O) groups is 1. The minimum Gasteiger partial charge on any atom is -0.411 e. The first-order valence-electron chi connectivity index (χ1n) is 6.41. The summed E-state index contributed by atoms with van der Waals surface area (Å²) in [6, 6.07) is 7.62. The Bertz CT molecular complexity index is 502. The van der Waals surface area contributed by atoms with Gasteiger partial charge in [0.05, 0.1) is 5.71 Å². The van der Waals surface area contributed by atoms with Crippen molar-refractivity contribution in [3.05, 3.63) is 33.4 Å². The van der Waals surface area contributed by atoms with E-state index in [0.29, 0.717) is 19.5 Å². The number of halogens is 1. The molecule has 1 aliphatic heterocycles. The molecule has 2 rings (SSSR count). The van der Waals surface area contributed by atoms with Gasteiger partial charge in [-0.1, -0.05) is 18.1 Å². The zero-order chi connectivity index (χ0) is 13.8. The van der Waals surface area contributed by atoms with Gasteiger partial charge in [-0.05, 0) is 47.2 Å². The molecule has 1 aromatic carbocycles. The second-order valence-electron chi connectivity index (χ2n) is 4.71. The second kappa shape index (κ2) is 6.36. The number of oxime groups is 1. The quantitative estimate of drug-likeness (QED) is 0.493. The first kappa shape index (κ1) is 14.3. The Labute approximate surface area is 126 Å². The smallest absolute Gasteiger partial charge is 0.253 e. The van der Waals surface area contributed by atoms with Gasteiger partial charge in [-0.2, -0.15) is 0 Å². The van der Waals surface area contributed by atoms with Crippen LogP contribution in [0.15, 0.2) is 29.4 Å². The summed E-state index contributed by atoms with van der Waals surface area (Å²) in [5.74, 6) is 0.236. The topological polar surface area (TPSA) is 52.9 Å². The van der Waals surface area contributed by atoms with Crippen LogP contribution < -0.4 is 0 Å². The summed E-state index contributed by atoms with van der Waals surface area (Å²) in [5.41, 5.74) is 1.54. The summed E-state index contributed by atoms with van der Waals surface area (Å²) in [7, 11) is 0. The van der Waals surface area contributed by atoms with Gasteiger partial charge in [0.15, 0.2) is 0 Å². The van der Waals surface area contributed by atoms with E-state index >= 15 is 0 Å². The fourth-order valence-corrected chi connectivity index (χ4v) is 2.94. The summed E-state index contributed by atoms with van der Waals surface area (Å²) in [4.78, 5) is 14.3. The van der Waals surface area contributed by atoms with E-state index in [1.165, 1.54) is 0 Å². The van der Waals surface area contributed by atoms with Gasteiger partial charge in [-0.15, -0.1) is 0 Å². The van der Waals surface area contributed by atoms with Crippen LogP contribution in [0.2, 0.25) is 0 Å². The molecule has 5 heteroatoms. The van der Waals surface area contributed by atoms with Crippen molar-refractivity contribution in [2.24, 2.45) is 11.1 Å². The first-order chi connectivity index (χ1) is 9.15.